The molecule has 3 rings (SSSR count). The van der Waals surface area contributed by atoms with Gasteiger partial charge in [0.1, 0.15) is 0 Å². The number of benzene rings is 1. The van der Waals surface area contributed by atoms with Crippen molar-refractivity contribution in [3.05, 3.63) is 54.6 Å². The monoisotopic (exact) mass is 282 g/mol. The van der Waals surface area contributed by atoms with Crippen molar-refractivity contribution in [3.8, 4) is 0 Å². The van der Waals surface area contributed by atoms with Crippen LogP contribution in [0.15, 0.2) is 54.6 Å². The van der Waals surface area contributed by atoms with Crippen molar-refractivity contribution in [1.29, 1.82) is 0 Å². The lowest BCUT2D eigenvalue weighted by molar-refractivity contribution is 0.544. The summed E-state index contributed by atoms with van der Waals surface area (Å²) in [4.78, 5) is 0. The van der Waals surface area contributed by atoms with Gasteiger partial charge >= 0.3 is 0 Å². The van der Waals surface area contributed by atoms with Crippen LogP contribution in [-0.2, 0) is 0 Å². The molecule has 1 heteroatoms. The second-order valence-corrected chi connectivity index (χ2v) is 11.5. The highest BCUT2D eigenvalue weighted by atomic mass is 28.3. The maximum absolute atomic E-state index is 2.51. The quantitative estimate of drug-likeness (QED) is 0.689. The van der Waals surface area contributed by atoms with Gasteiger partial charge in [-0.1, -0.05) is 92.2 Å². The van der Waals surface area contributed by atoms with Gasteiger partial charge in [-0.2, -0.15) is 0 Å². The van der Waals surface area contributed by atoms with Gasteiger partial charge in [0.15, 0.2) is 0 Å². The molecular weight excluding hydrogens is 256 g/mol. The summed E-state index contributed by atoms with van der Waals surface area (Å²) < 4.78 is 0. The number of fused-ring (bicyclic) bond motifs is 1. The topological polar surface area (TPSA) is 0 Å². The molecule has 0 aromatic heterocycles. The van der Waals surface area contributed by atoms with E-state index in [1.807, 2.05) is 0 Å². The van der Waals surface area contributed by atoms with Crippen LogP contribution in [0.3, 0.4) is 0 Å². The van der Waals surface area contributed by atoms with E-state index in [-0.39, 0.29) is 0 Å². The van der Waals surface area contributed by atoms with Crippen molar-refractivity contribution in [2.45, 2.75) is 44.3 Å². The third-order valence-corrected chi connectivity index (χ3v) is 12.0. The molecule has 0 heterocycles. The molecular formula is C19H26Si. The Bertz CT molecular complexity index is 496. The minimum absolute atomic E-state index is 0.812. The summed E-state index contributed by atoms with van der Waals surface area (Å²) in [5, 5.41) is 1.69. The van der Waals surface area contributed by atoms with Gasteiger partial charge in [-0.15, -0.1) is 0 Å². The Hall–Kier alpha value is -1.08. The van der Waals surface area contributed by atoms with E-state index in [0.29, 0.717) is 0 Å². The van der Waals surface area contributed by atoms with Crippen LogP contribution in [0.2, 0.25) is 17.6 Å². The minimum atomic E-state index is -1.38. The average Bonchev–Trinajstić information content (AvgIpc) is 2.95. The highest BCUT2D eigenvalue weighted by Crippen LogP contribution is 2.51. The molecule has 0 spiro atoms. The summed E-state index contributed by atoms with van der Waals surface area (Å²) in [7, 11) is -1.38. The Balaban J connectivity index is 1.99. The van der Waals surface area contributed by atoms with Crippen LogP contribution in [0.1, 0.15) is 26.7 Å². The van der Waals surface area contributed by atoms with Crippen molar-refractivity contribution >= 4 is 13.3 Å². The van der Waals surface area contributed by atoms with E-state index in [4.69, 9.17) is 0 Å². The van der Waals surface area contributed by atoms with Crippen LogP contribution in [0.4, 0.5) is 0 Å². The van der Waals surface area contributed by atoms with Crippen LogP contribution < -0.4 is 5.19 Å². The van der Waals surface area contributed by atoms with E-state index >= 15 is 0 Å². The summed E-state index contributed by atoms with van der Waals surface area (Å²) >= 11 is 0. The molecule has 2 aliphatic carbocycles. The largest absolute Gasteiger partial charge is 0.0898 e. The van der Waals surface area contributed by atoms with Gasteiger partial charge in [0, 0.05) is 0 Å². The summed E-state index contributed by atoms with van der Waals surface area (Å²) in [5.41, 5.74) is 0.936. The molecule has 0 amide bonds. The summed E-state index contributed by atoms with van der Waals surface area (Å²) in [6.07, 6.45) is 12.4. The van der Waals surface area contributed by atoms with Gasteiger partial charge in [-0.3, -0.25) is 0 Å². The second-order valence-electron chi connectivity index (χ2n) is 6.42. The molecule has 1 aromatic carbocycles. The molecule has 1 fully saturated rings. The van der Waals surface area contributed by atoms with Crippen LogP contribution in [0.5, 0.6) is 0 Å². The fourth-order valence-corrected chi connectivity index (χ4v) is 10.2. The first kappa shape index (κ1) is 13.9. The molecule has 2 aliphatic rings. The first-order valence-electron chi connectivity index (χ1n) is 8.22. The molecule has 3 atom stereocenters. The van der Waals surface area contributed by atoms with Gasteiger partial charge in [0.05, 0.1) is 8.07 Å². The standard InChI is InChI=1S/C19H26Si/c1-3-20(4-2,17-11-6-5-7-12-17)19-15-14-16-10-8-9-13-18(16)19/h5-13,16,18-19H,3-4,14-15H2,1-2H3. The maximum Gasteiger partial charge on any atom is 0.0898 e. The zero-order valence-corrected chi connectivity index (χ0v) is 13.8. The van der Waals surface area contributed by atoms with Gasteiger partial charge in [0.25, 0.3) is 0 Å². The fourth-order valence-electron chi connectivity index (χ4n) is 4.77. The second kappa shape index (κ2) is 5.73. The zero-order valence-electron chi connectivity index (χ0n) is 12.8. The molecule has 0 radical (unpaired) electrons. The number of hydrogen-bond donors (Lipinski definition) is 0. The molecule has 1 aromatic rings. The summed E-state index contributed by atoms with van der Waals surface area (Å²) in [6, 6.07) is 14.2. The SMILES string of the molecule is CC[Si](CC)(c1ccccc1)C1CCC2C=CC=CC21. The number of allylic oxidation sites excluding steroid dienone is 4. The third-order valence-electron chi connectivity index (χ3n) is 5.89. The third kappa shape index (κ3) is 2.12. The van der Waals surface area contributed by atoms with E-state index in [0.717, 1.165) is 17.4 Å². The van der Waals surface area contributed by atoms with E-state index in [1.54, 1.807) is 5.19 Å². The first-order valence-corrected chi connectivity index (χ1v) is 10.7. The number of hydrogen-bond acceptors (Lipinski definition) is 0. The first-order chi connectivity index (χ1) is 9.81. The highest BCUT2D eigenvalue weighted by molar-refractivity contribution is 6.93. The Morgan fingerprint density at radius 3 is 2.35 bits per heavy atom. The van der Waals surface area contributed by atoms with Crippen molar-refractivity contribution in [3.63, 3.8) is 0 Å². The Kier molecular flexibility index (Phi) is 3.98. The number of rotatable bonds is 4. The summed E-state index contributed by atoms with van der Waals surface area (Å²) in [6.45, 7) is 4.89. The van der Waals surface area contributed by atoms with E-state index in [2.05, 4.69) is 68.5 Å². The molecule has 0 aliphatic heterocycles. The van der Waals surface area contributed by atoms with Gasteiger partial charge in [-0.25, -0.2) is 0 Å². The lowest BCUT2D eigenvalue weighted by Gasteiger charge is -2.40. The summed E-state index contributed by atoms with van der Waals surface area (Å²) in [5.74, 6) is 1.63. The lowest BCUT2D eigenvalue weighted by Crippen LogP contribution is -2.51. The molecule has 3 unspecified atom stereocenters. The normalized spacial score (nSPS) is 28.6. The Labute approximate surface area is 124 Å². The zero-order chi connectivity index (χ0) is 14.0. The smallest absolute Gasteiger partial charge is 0.0808 e. The molecule has 0 bridgehead atoms. The lowest BCUT2D eigenvalue weighted by atomic mass is 9.92. The van der Waals surface area contributed by atoms with Crippen LogP contribution >= 0.6 is 0 Å². The van der Waals surface area contributed by atoms with Crippen LogP contribution in [0, 0.1) is 11.8 Å². The molecule has 20 heavy (non-hydrogen) atoms. The van der Waals surface area contributed by atoms with Crippen molar-refractivity contribution in [2.24, 2.45) is 11.8 Å². The van der Waals surface area contributed by atoms with Crippen molar-refractivity contribution in [1.82, 2.24) is 0 Å². The van der Waals surface area contributed by atoms with Gasteiger partial charge < -0.3 is 0 Å². The van der Waals surface area contributed by atoms with Gasteiger partial charge in [0.2, 0.25) is 0 Å². The predicted octanol–water partition coefficient (Wildman–Crippen LogP) is 4.90. The Morgan fingerprint density at radius 2 is 1.65 bits per heavy atom. The van der Waals surface area contributed by atoms with E-state index in [1.165, 1.54) is 24.9 Å². The molecule has 106 valence electrons. The van der Waals surface area contributed by atoms with Crippen LogP contribution in [0.25, 0.3) is 0 Å². The van der Waals surface area contributed by atoms with Crippen molar-refractivity contribution in [2.75, 3.05) is 0 Å². The van der Waals surface area contributed by atoms with E-state index < -0.39 is 8.07 Å². The van der Waals surface area contributed by atoms with Crippen LogP contribution in [-0.4, -0.2) is 8.07 Å². The maximum atomic E-state index is 2.51. The predicted molar refractivity (Wildman–Crippen MR) is 91.0 cm³/mol. The molecule has 1 saturated carbocycles. The molecule has 0 saturated heterocycles. The van der Waals surface area contributed by atoms with Gasteiger partial charge in [-0.05, 0) is 23.8 Å². The van der Waals surface area contributed by atoms with Crippen molar-refractivity contribution < 1.29 is 0 Å². The average molecular weight is 283 g/mol. The Morgan fingerprint density at radius 1 is 0.950 bits per heavy atom. The van der Waals surface area contributed by atoms with E-state index in [9.17, 15) is 0 Å². The molecule has 0 N–H and O–H groups in total. The minimum Gasteiger partial charge on any atom is -0.0808 e. The molecule has 0 nitrogen and oxygen atoms in total. The highest BCUT2D eigenvalue weighted by Gasteiger charge is 2.47. The fraction of sp³-hybridized carbons (Fsp3) is 0.474.